The van der Waals surface area contributed by atoms with Gasteiger partial charge in [-0.2, -0.15) is 0 Å². The van der Waals surface area contributed by atoms with Crippen LogP contribution in [0.5, 0.6) is 0 Å². The minimum atomic E-state index is -1.25. The Morgan fingerprint density at radius 2 is 1.55 bits per heavy atom. The van der Waals surface area contributed by atoms with Gasteiger partial charge in [-0.05, 0) is 102 Å². The average molecular weight is 818 g/mol. The number of carboxylic acids is 1. The molecule has 1 saturated carbocycles. The molecule has 4 saturated heterocycles. The number of rotatable bonds is 14. The van der Waals surface area contributed by atoms with Crippen molar-refractivity contribution in [1.29, 1.82) is 0 Å². The number of nitrogens with one attached hydrogen (secondary N) is 1. The normalized spacial score (nSPS) is 44.4. The maximum absolute atomic E-state index is 14.6. The number of hydrogen-bond donors (Lipinski definition) is 4. The third-order valence-corrected chi connectivity index (χ3v) is 15.7. The number of carbonyl (C=O) groups is 3. The van der Waals surface area contributed by atoms with Gasteiger partial charge in [0.2, 0.25) is 5.91 Å². The van der Waals surface area contributed by atoms with E-state index in [1.165, 1.54) is 0 Å². The molecule has 6 rings (SSSR count). The molecule has 0 aromatic carbocycles. The van der Waals surface area contributed by atoms with Crippen molar-refractivity contribution in [2.24, 2.45) is 47.3 Å². The van der Waals surface area contributed by atoms with Crippen LogP contribution >= 0.6 is 0 Å². The van der Waals surface area contributed by atoms with Crippen molar-refractivity contribution in [3.05, 3.63) is 12.2 Å². The highest BCUT2D eigenvalue weighted by Gasteiger charge is 2.63. The van der Waals surface area contributed by atoms with Crippen LogP contribution in [0.4, 0.5) is 0 Å². The van der Waals surface area contributed by atoms with Crippen LogP contribution in [-0.2, 0) is 38.1 Å². The number of amides is 1. The van der Waals surface area contributed by atoms with E-state index in [1.807, 2.05) is 53.7 Å². The van der Waals surface area contributed by atoms with Gasteiger partial charge in [0.25, 0.3) is 0 Å². The van der Waals surface area contributed by atoms with E-state index in [0.29, 0.717) is 57.8 Å². The first-order valence-corrected chi connectivity index (χ1v) is 22.8. The lowest BCUT2D eigenvalue weighted by molar-refractivity contribution is -0.398. The van der Waals surface area contributed by atoms with Crippen LogP contribution in [0.1, 0.15) is 146 Å². The first-order valence-electron chi connectivity index (χ1n) is 22.8. The smallest absolute Gasteiger partial charge is 0.309 e. The van der Waals surface area contributed by atoms with Crippen molar-refractivity contribution < 1.29 is 53.4 Å². The summed E-state index contributed by atoms with van der Waals surface area (Å²) in [6.45, 7) is 19.8. The molecule has 5 heterocycles. The van der Waals surface area contributed by atoms with E-state index in [9.17, 15) is 29.7 Å². The molecule has 12 nitrogen and oxygen atoms in total. The van der Waals surface area contributed by atoms with Crippen molar-refractivity contribution in [3.8, 4) is 0 Å². The predicted octanol–water partition coefficient (Wildman–Crippen LogP) is 6.72. The molecule has 0 aromatic heterocycles. The second-order valence-corrected chi connectivity index (χ2v) is 19.7. The van der Waals surface area contributed by atoms with Crippen LogP contribution in [0.25, 0.3) is 0 Å². The van der Waals surface area contributed by atoms with Crippen LogP contribution in [0.2, 0.25) is 0 Å². The van der Waals surface area contributed by atoms with Crippen LogP contribution < -0.4 is 5.32 Å². The summed E-state index contributed by atoms with van der Waals surface area (Å²) in [7, 11) is 0. The van der Waals surface area contributed by atoms with E-state index in [0.717, 1.165) is 19.3 Å². The lowest BCUT2D eigenvalue weighted by atomic mass is 9.72. The van der Waals surface area contributed by atoms with E-state index < -0.39 is 76.8 Å². The van der Waals surface area contributed by atoms with E-state index in [4.69, 9.17) is 23.7 Å². The Bertz CT molecular complexity index is 1520. The van der Waals surface area contributed by atoms with E-state index in [2.05, 4.69) is 26.1 Å². The highest BCUT2D eigenvalue weighted by atomic mass is 16.8. The molecule has 0 bridgehead atoms. The number of carbonyl (C=O) groups excluding carboxylic acids is 2. The summed E-state index contributed by atoms with van der Waals surface area (Å²) in [5.74, 6) is -5.74. The summed E-state index contributed by atoms with van der Waals surface area (Å²) in [5, 5.41) is 36.1. The second-order valence-electron chi connectivity index (χ2n) is 19.7. The quantitative estimate of drug-likeness (QED) is 0.137. The second kappa shape index (κ2) is 17.4. The third kappa shape index (κ3) is 8.60. The SMILES string of the molecule is CC[C@@H](C(=O)[C@@H](C)[C@@H](O)[C@H](C)[C@@H]1O[C@@H]([C@@H](CC)C(=O)O)CC[C@@H]1C)[C@H]1O[C@]2(C=CC(NC(=O)C3CC3)[C@]3(CC[C@@](C)([C@H]4CC[C@](O)(CC)[C@H](C)O4)O3)O2)[C@H](C)C[C@@H]1C. The monoisotopic (exact) mass is 818 g/mol. The van der Waals surface area contributed by atoms with Gasteiger partial charge in [0, 0.05) is 36.0 Å². The lowest BCUT2D eigenvalue weighted by Crippen LogP contribution is -2.66. The summed E-state index contributed by atoms with van der Waals surface area (Å²) >= 11 is 0. The summed E-state index contributed by atoms with van der Waals surface area (Å²) in [5.41, 5.74) is -1.64. The molecule has 1 amide bonds. The van der Waals surface area contributed by atoms with E-state index in [1.54, 1.807) is 6.92 Å². The Morgan fingerprint density at radius 3 is 2.16 bits per heavy atom. The summed E-state index contributed by atoms with van der Waals surface area (Å²) < 4.78 is 34.5. The Labute approximate surface area is 346 Å². The van der Waals surface area contributed by atoms with Gasteiger partial charge in [0.1, 0.15) is 11.8 Å². The van der Waals surface area contributed by atoms with Gasteiger partial charge in [-0.25, -0.2) is 0 Å². The number of ketones is 1. The Morgan fingerprint density at radius 1 is 0.862 bits per heavy atom. The zero-order valence-electron chi connectivity index (χ0n) is 36.9. The minimum Gasteiger partial charge on any atom is -0.481 e. The van der Waals surface area contributed by atoms with E-state index in [-0.39, 0.29) is 53.7 Å². The fraction of sp³-hybridized carbons (Fsp3) is 0.891. The molecule has 2 spiro atoms. The maximum atomic E-state index is 14.6. The van der Waals surface area contributed by atoms with Gasteiger partial charge < -0.3 is 44.3 Å². The van der Waals surface area contributed by atoms with Crippen molar-refractivity contribution in [2.75, 3.05) is 0 Å². The topological polar surface area (TPSA) is 170 Å². The number of ether oxygens (including phenoxy) is 5. The molecule has 58 heavy (non-hydrogen) atoms. The number of carboxylic acid groups (broad SMARTS) is 1. The molecule has 5 aliphatic heterocycles. The first kappa shape index (κ1) is 45.6. The minimum absolute atomic E-state index is 0.00481. The number of aliphatic hydroxyl groups is 2. The molecule has 4 N–H and O–H groups in total. The standard InChI is InChI=1S/C46H75NO11/c1-11-32(42(51)52)34-17-14-25(4)39(55-34)29(8)37(48)28(7)38(49)33(12-2)40-26(5)24-27(6)45(56-40)21-18-35(47-41(50)31-15-16-31)46(58-45)23-22-43(10,57-46)36-19-20-44(53,13-3)30(9)54-36/h18,21,25-37,39-40,48,53H,11-17,19-20,22-24H2,1-10H3,(H,47,50)(H,51,52)/t25-,26-,27+,28-,29-,30-,32+,33-,34+,35?,36+,37+,39+,40-,43-,44+,45-,46-/m0/s1. The molecule has 0 radical (unpaired) electrons. The maximum Gasteiger partial charge on any atom is 0.309 e. The Kier molecular flexibility index (Phi) is 13.7. The fourth-order valence-corrected chi connectivity index (χ4v) is 11.3. The number of Topliss-reactive ketones (excluding diaryl/α,β-unsaturated/α-hetero) is 1. The zero-order chi connectivity index (χ0) is 42.5. The molecule has 1 aliphatic carbocycles. The summed E-state index contributed by atoms with van der Waals surface area (Å²) in [6, 6.07) is -0.567. The van der Waals surface area contributed by atoms with Crippen LogP contribution in [0.15, 0.2) is 12.2 Å². The molecule has 6 aliphatic rings. The third-order valence-electron chi connectivity index (χ3n) is 15.7. The number of aliphatic hydroxyl groups excluding tert-OH is 1. The van der Waals surface area contributed by atoms with Crippen LogP contribution in [0, 0.1) is 47.3 Å². The zero-order valence-corrected chi connectivity index (χ0v) is 36.9. The molecular formula is C46H75NO11. The van der Waals surface area contributed by atoms with Crippen molar-refractivity contribution >= 4 is 17.7 Å². The van der Waals surface area contributed by atoms with Crippen LogP contribution in [0.3, 0.4) is 0 Å². The molecule has 18 atom stereocenters. The Balaban J connectivity index is 1.22. The Hall–Kier alpha value is -1.93. The van der Waals surface area contributed by atoms with Gasteiger partial charge in [0.05, 0.1) is 53.7 Å². The average Bonchev–Trinajstić information content (AvgIpc) is 3.99. The molecule has 0 aromatic rings. The molecule has 5 fully saturated rings. The molecule has 330 valence electrons. The number of aliphatic carboxylic acids is 1. The molecule has 1 unspecified atom stereocenters. The van der Waals surface area contributed by atoms with Gasteiger partial charge in [-0.15, -0.1) is 0 Å². The predicted molar refractivity (Wildman–Crippen MR) is 217 cm³/mol. The van der Waals surface area contributed by atoms with Gasteiger partial charge >= 0.3 is 5.97 Å². The highest BCUT2D eigenvalue weighted by molar-refractivity contribution is 5.84. The summed E-state index contributed by atoms with van der Waals surface area (Å²) in [6.07, 6.45) is 8.70. The van der Waals surface area contributed by atoms with Crippen molar-refractivity contribution in [1.82, 2.24) is 5.32 Å². The van der Waals surface area contributed by atoms with E-state index >= 15 is 0 Å². The fourth-order valence-electron chi connectivity index (χ4n) is 11.3. The van der Waals surface area contributed by atoms with Crippen molar-refractivity contribution in [3.63, 3.8) is 0 Å². The number of hydrogen-bond acceptors (Lipinski definition) is 10. The van der Waals surface area contributed by atoms with Gasteiger partial charge in [-0.1, -0.05) is 61.5 Å². The highest BCUT2D eigenvalue weighted by Crippen LogP contribution is 2.54. The largest absolute Gasteiger partial charge is 0.481 e. The van der Waals surface area contributed by atoms with Gasteiger partial charge in [0.15, 0.2) is 11.6 Å². The lowest BCUT2D eigenvalue weighted by Gasteiger charge is -2.55. The molecular weight excluding hydrogens is 743 g/mol. The molecule has 12 heteroatoms. The summed E-state index contributed by atoms with van der Waals surface area (Å²) in [4.78, 5) is 39.9. The van der Waals surface area contributed by atoms with Crippen LogP contribution in [-0.4, -0.2) is 98.4 Å². The first-order chi connectivity index (χ1) is 27.3. The van der Waals surface area contributed by atoms with Crippen molar-refractivity contribution in [2.45, 2.75) is 212 Å². The van der Waals surface area contributed by atoms with Gasteiger partial charge in [-0.3, -0.25) is 14.4 Å².